The molecule has 0 aromatic heterocycles. The topological polar surface area (TPSA) is 82.4 Å². The van der Waals surface area contributed by atoms with E-state index in [0.29, 0.717) is 24.9 Å². The smallest absolute Gasteiger partial charge is 0.258 e. The van der Waals surface area contributed by atoms with Gasteiger partial charge >= 0.3 is 0 Å². The Kier molecular flexibility index (Phi) is 4.38. The molecule has 0 bridgehead atoms. The molecule has 1 unspecified atom stereocenters. The van der Waals surface area contributed by atoms with Gasteiger partial charge in [-0.2, -0.15) is 5.26 Å². The Morgan fingerprint density at radius 2 is 2.33 bits per heavy atom. The normalized spacial score (nSPS) is 16.3. The highest BCUT2D eigenvalue weighted by Crippen LogP contribution is 2.37. The molecule has 110 valence electrons. The van der Waals surface area contributed by atoms with E-state index in [-0.39, 0.29) is 17.9 Å². The highest BCUT2D eigenvalue weighted by atomic mass is 19.1. The number of nitriles is 1. The number of amides is 2. The molecule has 0 aliphatic carbocycles. The van der Waals surface area contributed by atoms with Crippen molar-refractivity contribution in [1.82, 2.24) is 10.2 Å². The van der Waals surface area contributed by atoms with Crippen LogP contribution in [0.1, 0.15) is 28.4 Å². The molecule has 6 nitrogen and oxygen atoms in total. The second-order valence-corrected chi connectivity index (χ2v) is 4.53. The highest BCUT2D eigenvalue weighted by Gasteiger charge is 2.39. The van der Waals surface area contributed by atoms with Crippen molar-refractivity contribution in [3.05, 3.63) is 29.1 Å². The zero-order chi connectivity index (χ0) is 15.4. The van der Waals surface area contributed by atoms with Crippen LogP contribution < -0.4 is 10.1 Å². The summed E-state index contributed by atoms with van der Waals surface area (Å²) in [5, 5.41) is 11.8. The number of halogens is 1. The third-order valence-electron chi connectivity index (χ3n) is 3.34. The van der Waals surface area contributed by atoms with E-state index in [2.05, 4.69) is 5.32 Å². The molecule has 0 saturated carbocycles. The van der Waals surface area contributed by atoms with Gasteiger partial charge in [0, 0.05) is 24.7 Å². The molecule has 1 N–H and O–H groups in total. The van der Waals surface area contributed by atoms with Crippen LogP contribution in [-0.2, 0) is 4.79 Å². The molecule has 21 heavy (non-hydrogen) atoms. The van der Waals surface area contributed by atoms with Gasteiger partial charge in [0.05, 0.1) is 18.7 Å². The number of carbonyl (C=O) groups is 2. The van der Waals surface area contributed by atoms with E-state index in [4.69, 9.17) is 4.74 Å². The summed E-state index contributed by atoms with van der Waals surface area (Å²) >= 11 is 0. The first-order valence-corrected chi connectivity index (χ1v) is 6.39. The van der Waals surface area contributed by atoms with Crippen molar-refractivity contribution in [1.29, 1.82) is 5.26 Å². The Bertz CT molecular complexity index is 612. The molecule has 0 spiro atoms. The Balaban J connectivity index is 2.28. The predicted molar refractivity (Wildman–Crippen MR) is 71.0 cm³/mol. The second-order valence-electron chi connectivity index (χ2n) is 4.53. The molecule has 1 atom stereocenters. The van der Waals surface area contributed by atoms with Crippen LogP contribution in [0.25, 0.3) is 0 Å². The van der Waals surface area contributed by atoms with Gasteiger partial charge in [0.25, 0.3) is 5.91 Å². The summed E-state index contributed by atoms with van der Waals surface area (Å²) in [5.41, 5.74) is 0.244. The maximum atomic E-state index is 14.0. The summed E-state index contributed by atoms with van der Waals surface area (Å²) in [7, 11) is 1.39. The summed E-state index contributed by atoms with van der Waals surface area (Å²) in [5.74, 6) is -0.935. The zero-order valence-corrected chi connectivity index (χ0v) is 11.4. The number of nitrogens with zero attached hydrogens (tertiary/aromatic N) is 2. The molecule has 0 saturated heterocycles. The van der Waals surface area contributed by atoms with Gasteiger partial charge in [-0.3, -0.25) is 9.59 Å². The number of carbonyl (C=O) groups excluding carboxylic acids is 2. The van der Waals surface area contributed by atoms with Gasteiger partial charge in [0.1, 0.15) is 17.6 Å². The van der Waals surface area contributed by atoms with Crippen molar-refractivity contribution in [3.63, 3.8) is 0 Å². The third kappa shape index (κ3) is 2.65. The van der Waals surface area contributed by atoms with Crippen LogP contribution in [0.4, 0.5) is 4.39 Å². The van der Waals surface area contributed by atoms with E-state index in [1.807, 2.05) is 6.07 Å². The highest BCUT2D eigenvalue weighted by molar-refractivity contribution is 6.00. The minimum absolute atomic E-state index is 0.0781. The van der Waals surface area contributed by atoms with Gasteiger partial charge in [0.15, 0.2) is 0 Å². The van der Waals surface area contributed by atoms with E-state index in [9.17, 15) is 19.2 Å². The zero-order valence-electron chi connectivity index (χ0n) is 11.4. The van der Waals surface area contributed by atoms with Crippen LogP contribution in [0.2, 0.25) is 0 Å². The van der Waals surface area contributed by atoms with Gasteiger partial charge in [0.2, 0.25) is 6.41 Å². The Labute approximate surface area is 121 Å². The quantitative estimate of drug-likeness (QED) is 0.626. The second kappa shape index (κ2) is 6.22. The van der Waals surface area contributed by atoms with Gasteiger partial charge in [-0.05, 0) is 12.5 Å². The number of hydrogen-bond donors (Lipinski definition) is 1. The summed E-state index contributed by atoms with van der Waals surface area (Å²) in [6.45, 7) is 0.641. The maximum Gasteiger partial charge on any atom is 0.258 e. The first-order valence-electron chi connectivity index (χ1n) is 6.39. The molecule has 1 aliphatic heterocycles. The van der Waals surface area contributed by atoms with Gasteiger partial charge in [-0.1, -0.05) is 0 Å². The van der Waals surface area contributed by atoms with Crippen molar-refractivity contribution in [2.24, 2.45) is 0 Å². The first-order chi connectivity index (χ1) is 10.1. The molecule has 1 aromatic carbocycles. The molecule has 2 rings (SSSR count). The minimum atomic E-state index is -0.840. The van der Waals surface area contributed by atoms with Crippen molar-refractivity contribution >= 4 is 12.3 Å². The summed E-state index contributed by atoms with van der Waals surface area (Å²) < 4.78 is 19.0. The molecular formula is C14H14FN3O3. The molecule has 0 radical (unpaired) electrons. The fourth-order valence-electron chi connectivity index (χ4n) is 2.37. The van der Waals surface area contributed by atoms with Crippen LogP contribution in [0.5, 0.6) is 5.75 Å². The molecule has 0 fully saturated rings. The summed E-state index contributed by atoms with van der Waals surface area (Å²) in [6, 6.07) is 3.81. The van der Waals surface area contributed by atoms with Crippen molar-refractivity contribution in [3.8, 4) is 11.8 Å². The molecule has 7 heteroatoms. The fraction of sp³-hybridized carbons (Fsp3) is 0.357. The average Bonchev–Trinajstić information content (AvgIpc) is 2.75. The van der Waals surface area contributed by atoms with E-state index >= 15 is 0 Å². The van der Waals surface area contributed by atoms with Crippen LogP contribution in [0.3, 0.4) is 0 Å². The fourth-order valence-corrected chi connectivity index (χ4v) is 2.37. The van der Waals surface area contributed by atoms with Gasteiger partial charge < -0.3 is 15.0 Å². The first kappa shape index (κ1) is 14.8. The largest absolute Gasteiger partial charge is 0.497 e. The average molecular weight is 291 g/mol. The SMILES string of the molecule is COc1cc(F)c2c(c1)C(C#N)N(CCCNC=O)C2=O. The lowest BCUT2D eigenvalue weighted by Crippen LogP contribution is -2.30. The van der Waals surface area contributed by atoms with E-state index in [1.165, 1.54) is 18.1 Å². The number of ether oxygens (including phenoxy) is 1. The lowest BCUT2D eigenvalue weighted by Gasteiger charge is -2.19. The minimum Gasteiger partial charge on any atom is -0.497 e. The van der Waals surface area contributed by atoms with Crippen LogP contribution in [0, 0.1) is 17.1 Å². The molecular weight excluding hydrogens is 277 g/mol. The van der Waals surface area contributed by atoms with Crippen molar-refractivity contribution in [2.75, 3.05) is 20.2 Å². The number of benzene rings is 1. The Morgan fingerprint density at radius 1 is 1.57 bits per heavy atom. The monoisotopic (exact) mass is 291 g/mol. The van der Waals surface area contributed by atoms with Crippen LogP contribution >= 0.6 is 0 Å². The molecule has 2 amide bonds. The van der Waals surface area contributed by atoms with E-state index < -0.39 is 17.8 Å². The van der Waals surface area contributed by atoms with E-state index in [0.717, 1.165) is 6.07 Å². The lowest BCUT2D eigenvalue weighted by molar-refractivity contribution is -0.109. The summed E-state index contributed by atoms with van der Waals surface area (Å²) in [6.07, 6.45) is 1.04. The lowest BCUT2D eigenvalue weighted by atomic mass is 10.0. The van der Waals surface area contributed by atoms with Gasteiger partial charge in [-0.25, -0.2) is 4.39 Å². The van der Waals surface area contributed by atoms with Crippen molar-refractivity contribution < 1.29 is 18.7 Å². The van der Waals surface area contributed by atoms with E-state index in [1.54, 1.807) is 0 Å². The van der Waals surface area contributed by atoms with Gasteiger partial charge in [-0.15, -0.1) is 0 Å². The number of nitrogens with one attached hydrogen (secondary N) is 1. The maximum absolute atomic E-state index is 14.0. The van der Waals surface area contributed by atoms with Crippen LogP contribution in [-0.4, -0.2) is 37.4 Å². The molecule has 1 aromatic rings. The Morgan fingerprint density at radius 3 is 2.95 bits per heavy atom. The number of methoxy groups -OCH3 is 1. The number of hydrogen-bond acceptors (Lipinski definition) is 4. The standard InChI is InChI=1S/C14H14FN3O3/c1-21-9-5-10-12(7-16)18(4-2-3-17-8-19)14(20)13(10)11(15)6-9/h5-6,8,12H,2-4H2,1H3,(H,17,19). The van der Waals surface area contributed by atoms with Crippen LogP contribution in [0.15, 0.2) is 12.1 Å². The summed E-state index contributed by atoms with van der Waals surface area (Å²) in [4.78, 5) is 23.7. The molecule has 1 heterocycles. The number of fused-ring (bicyclic) bond motifs is 1. The van der Waals surface area contributed by atoms with Crippen molar-refractivity contribution in [2.45, 2.75) is 12.5 Å². The predicted octanol–water partition coefficient (Wildman–Crippen LogP) is 0.991. The molecule has 1 aliphatic rings. The Hall–Kier alpha value is -2.62. The number of rotatable bonds is 6. The third-order valence-corrected chi connectivity index (χ3v) is 3.34.